The molecule has 4 aromatic rings. The van der Waals surface area contributed by atoms with Crippen LogP contribution >= 0.6 is 11.6 Å². The Labute approximate surface area is 181 Å². The molecule has 8 nitrogen and oxygen atoms in total. The number of hydrogen-bond donors (Lipinski definition) is 1. The maximum atomic E-state index is 13.8. The molecular weight excluding hydrogens is 425 g/mol. The van der Waals surface area contributed by atoms with Crippen molar-refractivity contribution in [2.75, 3.05) is 20.3 Å². The van der Waals surface area contributed by atoms with Crippen LogP contribution in [-0.4, -0.2) is 46.0 Å². The molecule has 0 bridgehead atoms. The Balaban J connectivity index is 1.41. The molecule has 4 rings (SSSR count). The third kappa shape index (κ3) is 4.41. The normalized spacial score (nSPS) is 10.8. The molecule has 0 unspecified atom stereocenters. The molecule has 2 heterocycles. The van der Waals surface area contributed by atoms with Crippen molar-refractivity contribution in [1.29, 1.82) is 0 Å². The van der Waals surface area contributed by atoms with Crippen LogP contribution in [0.1, 0.15) is 10.4 Å². The lowest BCUT2D eigenvalue weighted by atomic mass is 10.2. The number of methoxy groups -OCH3 is 1. The van der Waals surface area contributed by atoms with Crippen molar-refractivity contribution in [2.24, 2.45) is 0 Å². The third-order valence-corrected chi connectivity index (χ3v) is 4.73. The number of ether oxygens (including phenoxy) is 2. The van der Waals surface area contributed by atoms with Crippen molar-refractivity contribution in [1.82, 2.24) is 25.1 Å². The van der Waals surface area contributed by atoms with Gasteiger partial charge in [0.25, 0.3) is 5.91 Å². The molecular formula is C21H17ClFN5O3. The van der Waals surface area contributed by atoms with Gasteiger partial charge in [-0.1, -0.05) is 17.7 Å². The fourth-order valence-corrected chi connectivity index (χ4v) is 3.14. The molecule has 0 radical (unpaired) electrons. The Morgan fingerprint density at radius 3 is 2.68 bits per heavy atom. The number of hydrogen-bond acceptors (Lipinski definition) is 6. The molecule has 0 spiro atoms. The van der Waals surface area contributed by atoms with Crippen LogP contribution in [0, 0.1) is 5.82 Å². The van der Waals surface area contributed by atoms with E-state index >= 15 is 0 Å². The maximum absolute atomic E-state index is 13.8. The molecule has 0 aliphatic rings. The van der Waals surface area contributed by atoms with Crippen LogP contribution in [-0.2, 0) is 0 Å². The van der Waals surface area contributed by atoms with E-state index in [1.807, 2.05) is 24.3 Å². The van der Waals surface area contributed by atoms with Crippen molar-refractivity contribution < 1.29 is 18.7 Å². The van der Waals surface area contributed by atoms with Gasteiger partial charge >= 0.3 is 0 Å². The highest BCUT2D eigenvalue weighted by Gasteiger charge is 2.15. The first-order valence-electron chi connectivity index (χ1n) is 9.28. The fraction of sp³-hybridized carbons (Fsp3) is 0.143. The molecule has 1 N–H and O–H groups in total. The first kappa shape index (κ1) is 20.5. The number of carbonyl (C=O) groups is 1. The van der Waals surface area contributed by atoms with Gasteiger partial charge in [0.05, 0.1) is 24.2 Å². The summed E-state index contributed by atoms with van der Waals surface area (Å²) in [5.74, 6) is 0.298. The molecule has 0 fully saturated rings. The predicted octanol–water partition coefficient (Wildman–Crippen LogP) is 3.40. The zero-order valence-corrected chi connectivity index (χ0v) is 17.1. The number of nitrogens with one attached hydrogen (secondary N) is 1. The van der Waals surface area contributed by atoms with E-state index in [1.54, 1.807) is 23.8 Å². The van der Waals surface area contributed by atoms with Gasteiger partial charge in [-0.2, -0.15) is 4.52 Å². The molecule has 0 aliphatic heterocycles. The van der Waals surface area contributed by atoms with Crippen LogP contribution in [0.5, 0.6) is 11.6 Å². The average Bonchev–Trinajstić information content (AvgIpc) is 3.20. The molecule has 0 atom stereocenters. The van der Waals surface area contributed by atoms with Gasteiger partial charge in [-0.25, -0.2) is 4.39 Å². The van der Waals surface area contributed by atoms with E-state index in [0.29, 0.717) is 17.4 Å². The van der Waals surface area contributed by atoms with Crippen molar-refractivity contribution in [3.8, 4) is 23.0 Å². The average molecular weight is 442 g/mol. The fourth-order valence-electron chi connectivity index (χ4n) is 2.89. The SMILES string of the molecule is COc1ccc(-c2nnc3ccc(OCCNC(=O)c4c(F)cccc4Cl)nn23)cc1. The Morgan fingerprint density at radius 2 is 1.94 bits per heavy atom. The summed E-state index contributed by atoms with van der Waals surface area (Å²) in [6.45, 7) is 0.257. The van der Waals surface area contributed by atoms with E-state index in [4.69, 9.17) is 21.1 Å². The van der Waals surface area contributed by atoms with Crippen LogP contribution in [0.15, 0.2) is 54.6 Å². The number of benzene rings is 2. The number of carbonyl (C=O) groups excluding carboxylic acids is 1. The zero-order chi connectivity index (χ0) is 21.8. The van der Waals surface area contributed by atoms with Crippen LogP contribution in [0.25, 0.3) is 17.0 Å². The first-order chi connectivity index (χ1) is 15.1. The van der Waals surface area contributed by atoms with E-state index in [0.717, 1.165) is 11.3 Å². The highest BCUT2D eigenvalue weighted by Crippen LogP contribution is 2.22. The van der Waals surface area contributed by atoms with Gasteiger partial charge in [-0.15, -0.1) is 15.3 Å². The summed E-state index contributed by atoms with van der Waals surface area (Å²) in [5, 5.41) is 15.3. The molecule has 31 heavy (non-hydrogen) atoms. The minimum Gasteiger partial charge on any atom is -0.497 e. The molecule has 2 aromatic carbocycles. The number of rotatable bonds is 7. The molecule has 10 heteroatoms. The summed E-state index contributed by atoms with van der Waals surface area (Å²) in [6, 6.07) is 14.8. The largest absolute Gasteiger partial charge is 0.497 e. The van der Waals surface area contributed by atoms with Crippen molar-refractivity contribution in [3.63, 3.8) is 0 Å². The van der Waals surface area contributed by atoms with Crippen LogP contribution < -0.4 is 14.8 Å². The van der Waals surface area contributed by atoms with Crippen molar-refractivity contribution in [3.05, 3.63) is 71.0 Å². The van der Waals surface area contributed by atoms with Crippen LogP contribution in [0.4, 0.5) is 4.39 Å². The lowest BCUT2D eigenvalue weighted by molar-refractivity contribution is 0.0942. The second-order valence-electron chi connectivity index (χ2n) is 6.39. The summed E-state index contributed by atoms with van der Waals surface area (Å²) in [4.78, 5) is 12.1. The lowest BCUT2D eigenvalue weighted by Crippen LogP contribution is -2.29. The Hall–Kier alpha value is -3.72. The highest BCUT2D eigenvalue weighted by atomic mass is 35.5. The van der Waals surface area contributed by atoms with E-state index in [-0.39, 0.29) is 23.7 Å². The van der Waals surface area contributed by atoms with Gasteiger partial charge in [0.2, 0.25) is 5.88 Å². The lowest BCUT2D eigenvalue weighted by Gasteiger charge is -2.09. The first-order valence-corrected chi connectivity index (χ1v) is 9.66. The molecule has 0 aliphatic carbocycles. The van der Waals surface area contributed by atoms with Gasteiger partial charge < -0.3 is 14.8 Å². The van der Waals surface area contributed by atoms with E-state index in [2.05, 4.69) is 20.6 Å². The van der Waals surface area contributed by atoms with Gasteiger partial charge in [0.15, 0.2) is 11.5 Å². The monoisotopic (exact) mass is 441 g/mol. The van der Waals surface area contributed by atoms with E-state index < -0.39 is 11.7 Å². The number of aromatic nitrogens is 4. The summed E-state index contributed by atoms with van der Waals surface area (Å²) in [5.41, 5.74) is 1.17. The molecule has 2 aromatic heterocycles. The van der Waals surface area contributed by atoms with Gasteiger partial charge in [0, 0.05) is 11.6 Å². The molecule has 0 saturated heterocycles. The van der Waals surface area contributed by atoms with Gasteiger partial charge in [0.1, 0.15) is 18.2 Å². The number of amides is 1. The van der Waals surface area contributed by atoms with Crippen LogP contribution in [0.3, 0.4) is 0 Å². The summed E-state index contributed by atoms with van der Waals surface area (Å²) in [6.07, 6.45) is 0. The molecule has 1 amide bonds. The number of nitrogens with zero attached hydrogens (tertiary/aromatic N) is 4. The zero-order valence-electron chi connectivity index (χ0n) is 16.4. The maximum Gasteiger partial charge on any atom is 0.255 e. The summed E-state index contributed by atoms with van der Waals surface area (Å²) in [7, 11) is 1.60. The second kappa shape index (κ2) is 8.97. The van der Waals surface area contributed by atoms with E-state index in [9.17, 15) is 9.18 Å². The predicted molar refractivity (Wildman–Crippen MR) is 112 cm³/mol. The van der Waals surface area contributed by atoms with Gasteiger partial charge in [-0.3, -0.25) is 4.79 Å². The Morgan fingerprint density at radius 1 is 1.13 bits per heavy atom. The highest BCUT2D eigenvalue weighted by molar-refractivity contribution is 6.33. The van der Waals surface area contributed by atoms with Crippen molar-refractivity contribution >= 4 is 23.2 Å². The quantitative estimate of drug-likeness (QED) is 0.442. The molecule has 0 saturated carbocycles. The van der Waals surface area contributed by atoms with Crippen LogP contribution in [0.2, 0.25) is 5.02 Å². The Bertz CT molecular complexity index is 1210. The molecule has 158 valence electrons. The smallest absolute Gasteiger partial charge is 0.255 e. The second-order valence-corrected chi connectivity index (χ2v) is 6.80. The van der Waals surface area contributed by atoms with Crippen molar-refractivity contribution in [2.45, 2.75) is 0 Å². The number of fused-ring (bicyclic) bond motifs is 1. The topological polar surface area (TPSA) is 90.6 Å². The summed E-state index contributed by atoms with van der Waals surface area (Å²) < 4.78 is 26.1. The third-order valence-electron chi connectivity index (χ3n) is 4.41. The minimum absolute atomic E-state index is 0.0456. The minimum atomic E-state index is -0.684. The van der Waals surface area contributed by atoms with E-state index in [1.165, 1.54) is 18.2 Å². The van der Waals surface area contributed by atoms with Gasteiger partial charge in [-0.05, 0) is 42.5 Å². The summed E-state index contributed by atoms with van der Waals surface area (Å²) >= 11 is 5.90. The Kier molecular flexibility index (Phi) is 5.94. The number of halogens is 2. The standard InChI is InChI=1S/C21H17ClFN5O3/c1-30-14-7-5-13(6-8-14)20-26-25-17-9-10-18(27-28(17)20)31-12-11-24-21(29)19-15(22)3-2-4-16(19)23/h2-10H,11-12H2,1H3,(H,24,29).